The molecule has 0 bridgehead atoms. The Morgan fingerprint density at radius 3 is 2.79 bits per heavy atom. The molecule has 0 amide bonds. The van der Waals surface area contributed by atoms with Crippen LogP contribution in [0.1, 0.15) is 5.56 Å². The van der Waals surface area contributed by atoms with Crippen LogP contribution in [-0.2, 0) is 13.6 Å². The van der Waals surface area contributed by atoms with Crippen molar-refractivity contribution in [3.05, 3.63) is 46.1 Å². The van der Waals surface area contributed by atoms with Crippen molar-refractivity contribution < 1.29 is 10.0 Å². The van der Waals surface area contributed by atoms with Gasteiger partial charge in [0, 0.05) is 68.6 Å². The zero-order valence-electron chi connectivity index (χ0n) is 13.5. The fraction of sp³-hybridized carbons (Fsp3) is 0.438. The SMILES string of the molecule is Cn1cc(CNCC2CNCC2O)c(-c2ccc([N+](=O)[O-])cc2)n1. The highest BCUT2D eigenvalue weighted by Gasteiger charge is 2.24. The van der Waals surface area contributed by atoms with Crippen LogP contribution >= 0.6 is 0 Å². The molecule has 8 heteroatoms. The largest absolute Gasteiger partial charge is 0.391 e. The zero-order chi connectivity index (χ0) is 17.1. The Hall–Kier alpha value is -2.29. The summed E-state index contributed by atoms with van der Waals surface area (Å²) in [7, 11) is 1.85. The quantitative estimate of drug-likeness (QED) is 0.531. The molecule has 0 aliphatic carbocycles. The minimum absolute atomic E-state index is 0.0667. The summed E-state index contributed by atoms with van der Waals surface area (Å²) < 4.78 is 1.74. The molecule has 1 aliphatic rings. The van der Waals surface area contributed by atoms with Gasteiger partial charge in [0.25, 0.3) is 5.69 Å². The molecule has 8 nitrogen and oxygen atoms in total. The van der Waals surface area contributed by atoms with Crippen LogP contribution in [0.15, 0.2) is 30.5 Å². The molecule has 0 saturated carbocycles. The lowest BCUT2D eigenvalue weighted by Crippen LogP contribution is -2.30. The summed E-state index contributed by atoms with van der Waals surface area (Å²) in [4.78, 5) is 10.4. The second-order valence-electron chi connectivity index (χ2n) is 6.10. The fourth-order valence-electron chi connectivity index (χ4n) is 2.97. The number of benzene rings is 1. The van der Waals surface area contributed by atoms with Crippen molar-refractivity contribution in [2.24, 2.45) is 13.0 Å². The predicted molar refractivity (Wildman–Crippen MR) is 89.4 cm³/mol. The Kier molecular flexibility index (Phi) is 4.89. The van der Waals surface area contributed by atoms with E-state index in [0.717, 1.165) is 29.9 Å². The summed E-state index contributed by atoms with van der Waals surface area (Å²) in [6.45, 7) is 2.82. The summed E-state index contributed by atoms with van der Waals surface area (Å²) in [6.07, 6.45) is 1.63. The smallest absolute Gasteiger partial charge is 0.269 e. The van der Waals surface area contributed by atoms with Crippen LogP contribution in [0.4, 0.5) is 5.69 Å². The molecule has 2 atom stereocenters. The van der Waals surface area contributed by atoms with Crippen molar-refractivity contribution in [1.29, 1.82) is 0 Å². The lowest BCUT2D eigenvalue weighted by atomic mass is 10.1. The first kappa shape index (κ1) is 16.6. The number of rotatable bonds is 6. The molecule has 2 unspecified atom stereocenters. The van der Waals surface area contributed by atoms with E-state index in [9.17, 15) is 15.2 Å². The lowest BCUT2D eigenvalue weighted by molar-refractivity contribution is -0.384. The van der Waals surface area contributed by atoms with E-state index < -0.39 is 4.92 Å². The van der Waals surface area contributed by atoms with E-state index in [2.05, 4.69) is 15.7 Å². The average molecular weight is 331 g/mol. The van der Waals surface area contributed by atoms with Crippen molar-refractivity contribution in [3.63, 3.8) is 0 Å². The van der Waals surface area contributed by atoms with Gasteiger partial charge in [0.15, 0.2) is 0 Å². The van der Waals surface area contributed by atoms with Gasteiger partial charge >= 0.3 is 0 Å². The molecule has 1 aliphatic heterocycles. The first-order valence-electron chi connectivity index (χ1n) is 7.91. The number of aliphatic hydroxyl groups is 1. The number of aryl methyl sites for hydroxylation is 1. The van der Waals surface area contributed by atoms with Crippen molar-refractivity contribution in [2.75, 3.05) is 19.6 Å². The van der Waals surface area contributed by atoms with Crippen molar-refractivity contribution in [3.8, 4) is 11.3 Å². The molecule has 1 aromatic carbocycles. The summed E-state index contributed by atoms with van der Waals surface area (Å²) in [5, 5.41) is 31.6. The maximum atomic E-state index is 10.8. The van der Waals surface area contributed by atoms with Gasteiger partial charge in [0.2, 0.25) is 0 Å². The lowest BCUT2D eigenvalue weighted by Gasteiger charge is -2.14. The maximum absolute atomic E-state index is 10.8. The molecule has 2 aromatic rings. The molecule has 3 rings (SSSR count). The van der Waals surface area contributed by atoms with Gasteiger partial charge in [-0.15, -0.1) is 0 Å². The van der Waals surface area contributed by atoms with Gasteiger partial charge in [0.1, 0.15) is 0 Å². The summed E-state index contributed by atoms with van der Waals surface area (Å²) >= 11 is 0. The normalized spacial score (nSPS) is 20.4. The second kappa shape index (κ2) is 7.08. The summed E-state index contributed by atoms with van der Waals surface area (Å²) in [5.41, 5.74) is 2.74. The van der Waals surface area contributed by atoms with Gasteiger partial charge in [-0.3, -0.25) is 14.8 Å². The molecule has 1 fully saturated rings. The van der Waals surface area contributed by atoms with Crippen LogP contribution in [0.2, 0.25) is 0 Å². The molecule has 0 radical (unpaired) electrons. The van der Waals surface area contributed by atoms with Gasteiger partial charge in [0.05, 0.1) is 16.7 Å². The van der Waals surface area contributed by atoms with Crippen LogP contribution in [0.3, 0.4) is 0 Å². The Bertz CT molecular complexity index is 713. The van der Waals surface area contributed by atoms with E-state index >= 15 is 0 Å². The highest BCUT2D eigenvalue weighted by molar-refractivity contribution is 5.64. The van der Waals surface area contributed by atoms with Gasteiger partial charge in [-0.25, -0.2) is 0 Å². The standard InChI is InChI=1S/C16H21N5O3/c1-20-10-13(8-17-6-12-7-18-9-15(12)22)16(19-20)11-2-4-14(5-3-11)21(23)24/h2-5,10,12,15,17-18,22H,6-9H2,1H3. The van der Waals surface area contributed by atoms with E-state index in [1.54, 1.807) is 16.8 Å². The third-order valence-corrected chi connectivity index (χ3v) is 4.28. The highest BCUT2D eigenvalue weighted by Crippen LogP contribution is 2.24. The number of hydrogen-bond acceptors (Lipinski definition) is 6. The minimum Gasteiger partial charge on any atom is -0.391 e. The molecule has 2 heterocycles. The van der Waals surface area contributed by atoms with Crippen molar-refractivity contribution in [2.45, 2.75) is 12.6 Å². The molecule has 3 N–H and O–H groups in total. The Labute approximate surface area is 139 Å². The Morgan fingerprint density at radius 1 is 1.42 bits per heavy atom. The van der Waals surface area contributed by atoms with Gasteiger partial charge in [-0.05, 0) is 12.1 Å². The molecule has 0 spiro atoms. The number of β-amino-alcohol motifs (C(OH)–C–C–N with tert-alkyl or cyclic N) is 1. The number of hydrogen-bond donors (Lipinski definition) is 3. The number of aromatic nitrogens is 2. The average Bonchev–Trinajstić information content (AvgIpc) is 3.13. The molecular formula is C16H21N5O3. The summed E-state index contributed by atoms with van der Waals surface area (Å²) in [5.74, 6) is 0.212. The highest BCUT2D eigenvalue weighted by atomic mass is 16.6. The van der Waals surface area contributed by atoms with Crippen LogP contribution < -0.4 is 10.6 Å². The Balaban J connectivity index is 1.69. The number of nitrogens with zero attached hydrogens (tertiary/aromatic N) is 3. The first-order valence-corrected chi connectivity index (χ1v) is 7.91. The molecule has 1 saturated heterocycles. The third-order valence-electron chi connectivity index (χ3n) is 4.28. The van der Waals surface area contributed by atoms with E-state index in [1.807, 2.05) is 13.2 Å². The predicted octanol–water partition coefficient (Wildman–Crippen LogP) is 0.665. The second-order valence-corrected chi connectivity index (χ2v) is 6.10. The van der Waals surface area contributed by atoms with E-state index in [4.69, 9.17) is 0 Å². The number of nitro benzene ring substituents is 1. The third kappa shape index (κ3) is 3.61. The number of non-ortho nitro benzene ring substituents is 1. The van der Waals surface area contributed by atoms with E-state index in [1.165, 1.54) is 12.1 Å². The fourth-order valence-corrected chi connectivity index (χ4v) is 2.97. The van der Waals surface area contributed by atoms with Gasteiger partial charge in [-0.2, -0.15) is 5.10 Å². The number of nitrogens with one attached hydrogen (secondary N) is 2. The maximum Gasteiger partial charge on any atom is 0.269 e. The van der Waals surface area contributed by atoms with Gasteiger partial charge < -0.3 is 15.7 Å². The summed E-state index contributed by atoms with van der Waals surface area (Å²) in [6, 6.07) is 6.41. The van der Waals surface area contributed by atoms with E-state index in [0.29, 0.717) is 13.1 Å². The molecule has 128 valence electrons. The van der Waals surface area contributed by atoms with Crippen LogP contribution in [0.5, 0.6) is 0 Å². The molecule has 24 heavy (non-hydrogen) atoms. The molecular weight excluding hydrogens is 310 g/mol. The zero-order valence-corrected chi connectivity index (χ0v) is 13.5. The van der Waals surface area contributed by atoms with Crippen molar-refractivity contribution in [1.82, 2.24) is 20.4 Å². The number of nitro groups is 1. The Morgan fingerprint density at radius 2 is 2.17 bits per heavy atom. The van der Waals surface area contributed by atoms with E-state index in [-0.39, 0.29) is 17.7 Å². The minimum atomic E-state index is -0.411. The van der Waals surface area contributed by atoms with Gasteiger partial charge in [-0.1, -0.05) is 0 Å². The number of aliphatic hydroxyl groups excluding tert-OH is 1. The van der Waals surface area contributed by atoms with Crippen molar-refractivity contribution >= 4 is 5.69 Å². The topological polar surface area (TPSA) is 105 Å². The first-order chi connectivity index (χ1) is 11.5. The van der Waals surface area contributed by atoms with Crippen LogP contribution in [0, 0.1) is 16.0 Å². The molecule has 1 aromatic heterocycles. The van der Waals surface area contributed by atoms with Crippen LogP contribution in [0.25, 0.3) is 11.3 Å². The monoisotopic (exact) mass is 331 g/mol. The van der Waals surface area contributed by atoms with Crippen LogP contribution in [-0.4, -0.2) is 45.5 Å².